The average molecular weight is 1460 g/mol. The number of phosphoric acid groups is 1. The van der Waals surface area contributed by atoms with Crippen LogP contribution in [-0.2, 0) is 32.7 Å². The number of esters is 2. The Bertz CT molecular complexity index is 2110. The maximum absolute atomic E-state index is 12.9. The molecule has 0 aromatic heterocycles. The molecule has 103 heavy (non-hydrogen) atoms. The molecule has 0 aliphatic carbocycles. The summed E-state index contributed by atoms with van der Waals surface area (Å²) in [7, 11) is 1.49. The van der Waals surface area contributed by atoms with Gasteiger partial charge in [-0.25, -0.2) is 4.57 Å². The second kappa shape index (κ2) is 82.7. The van der Waals surface area contributed by atoms with Crippen LogP contribution in [0.3, 0.4) is 0 Å². The molecule has 10 heteroatoms. The highest BCUT2D eigenvalue weighted by Gasteiger charge is 2.27. The van der Waals surface area contributed by atoms with Gasteiger partial charge < -0.3 is 18.9 Å². The Hall–Kier alpha value is -3.33. The molecule has 1 N–H and O–H groups in total. The van der Waals surface area contributed by atoms with Gasteiger partial charge in [0.1, 0.15) is 19.8 Å². The van der Waals surface area contributed by atoms with Crippen LogP contribution in [0.5, 0.6) is 0 Å². The Morgan fingerprint density at radius 1 is 0.311 bits per heavy atom. The van der Waals surface area contributed by atoms with Crippen LogP contribution in [0.15, 0.2) is 109 Å². The first kappa shape index (κ1) is 99.7. The summed E-state index contributed by atoms with van der Waals surface area (Å²) in [5.74, 6) is -0.783. The van der Waals surface area contributed by atoms with Crippen molar-refractivity contribution in [3.8, 4) is 0 Å². The van der Waals surface area contributed by atoms with E-state index >= 15 is 0 Å². The maximum Gasteiger partial charge on any atom is 0.472 e. The second-order valence-corrected chi connectivity index (χ2v) is 32.4. The van der Waals surface area contributed by atoms with E-state index in [9.17, 15) is 19.0 Å². The van der Waals surface area contributed by atoms with Gasteiger partial charge in [-0.1, -0.05) is 431 Å². The molecule has 0 aromatic carbocycles. The molecule has 0 radical (unpaired) electrons. The van der Waals surface area contributed by atoms with Crippen molar-refractivity contribution >= 4 is 19.8 Å². The van der Waals surface area contributed by atoms with E-state index in [4.69, 9.17) is 18.5 Å². The summed E-state index contributed by atoms with van der Waals surface area (Å²) in [4.78, 5) is 36.1. The van der Waals surface area contributed by atoms with Gasteiger partial charge in [0.2, 0.25) is 0 Å². The summed E-state index contributed by atoms with van der Waals surface area (Å²) in [5.41, 5.74) is 0. The average Bonchev–Trinajstić information content (AvgIpc) is 0.971. The molecule has 0 aliphatic heterocycles. The van der Waals surface area contributed by atoms with Gasteiger partial charge in [0.15, 0.2) is 6.10 Å². The molecule has 2 atom stereocenters. The summed E-state index contributed by atoms with van der Waals surface area (Å²) in [6, 6.07) is 0. The van der Waals surface area contributed by atoms with E-state index < -0.39 is 26.5 Å². The number of rotatable bonds is 82. The van der Waals surface area contributed by atoms with E-state index in [2.05, 4.69) is 123 Å². The normalized spacial score (nSPS) is 13.5. The number of hydrogen-bond donors (Lipinski definition) is 1. The third-order valence-corrected chi connectivity index (χ3v) is 20.6. The van der Waals surface area contributed by atoms with E-state index in [-0.39, 0.29) is 25.6 Å². The largest absolute Gasteiger partial charge is 0.472 e. The molecule has 0 aliphatic rings. The smallest absolute Gasteiger partial charge is 0.462 e. The number of ether oxygens (including phenoxy) is 2. The van der Waals surface area contributed by atoms with Gasteiger partial charge in [-0.15, -0.1) is 0 Å². The Kier molecular flexibility index (Phi) is 80.0. The number of quaternary nitrogens is 1. The fourth-order valence-electron chi connectivity index (χ4n) is 12.9. The van der Waals surface area contributed by atoms with Gasteiger partial charge in [0, 0.05) is 12.8 Å². The third-order valence-electron chi connectivity index (χ3n) is 19.6. The molecular formula is C93H169NO8P+. The van der Waals surface area contributed by atoms with Gasteiger partial charge >= 0.3 is 19.8 Å². The Balaban J connectivity index is 3.92. The monoisotopic (exact) mass is 1460 g/mol. The molecule has 0 heterocycles. The molecule has 0 amide bonds. The maximum atomic E-state index is 12.9. The number of phosphoric ester groups is 1. The standard InChI is InChI=1S/C93H168NO8P/c1-6-8-10-12-14-16-18-20-22-24-26-28-30-32-34-36-38-40-42-44-46-47-48-50-52-54-56-58-60-62-64-66-68-70-72-74-76-78-80-82-84-86-93(96)102-91(90-101-103(97,98)100-88-87-94(3,4)5)89-99-92(95)85-83-81-79-77-75-73-71-69-67-65-63-61-59-57-55-53-51-49-45-43-41-39-37-35-33-31-29-27-25-23-21-19-17-15-13-11-9-7-2/h8,10,14,16,20,22,26,28,32,34,38,40,44,46,48,50,54,56,91H,6-7,9,11-13,15,17-19,21,23-25,27,29-31,33,35-37,39,41-43,45,47,49,51-53,55,57-90H2,1-5H3/p+1/b10-8-,16-14-,22-20-,28-26-,34-32-,40-38-,46-44-,50-48-,56-54-. The number of unbranched alkanes of at least 4 members (excludes halogenated alkanes) is 50. The van der Waals surface area contributed by atoms with Crippen LogP contribution < -0.4 is 0 Å². The van der Waals surface area contributed by atoms with Crippen molar-refractivity contribution in [2.24, 2.45) is 0 Å². The van der Waals surface area contributed by atoms with Crippen molar-refractivity contribution in [1.29, 1.82) is 0 Å². The van der Waals surface area contributed by atoms with E-state index in [0.29, 0.717) is 23.9 Å². The molecule has 0 fully saturated rings. The lowest BCUT2D eigenvalue weighted by Gasteiger charge is -2.24. The van der Waals surface area contributed by atoms with Crippen LogP contribution >= 0.6 is 7.82 Å². The molecule has 9 nitrogen and oxygen atoms in total. The highest BCUT2D eigenvalue weighted by molar-refractivity contribution is 7.47. The van der Waals surface area contributed by atoms with Crippen LogP contribution in [0.25, 0.3) is 0 Å². The minimum atomic E-state index is -4.40. The van der Waals surface area contributed by atoms with Crippen molar-refractivity contribution in [1.82, 2.24) is 0 Å². The number of likely N-dealkylation sites (N-methyl/N-ethyl adjacent to an activating group) is 1. The van der Waals surface area contributed by atoms with Crippen LogP contribution in [0.1, 0.15) is 418 Å². The van der Waals surface area contributed by atoms with Crippen LogP contribution in [-0.4, -0.2) is 74.9 Å². The van der Waals surface area contributed by atoms with Crippen molar-refractivity contribution in [2.75, 3.05) is 47.5 Å². The van der Waals surface area contributed by atoms with E-state index in [0.717, 1.165) is 96.3 Å². The van der Waals surface area contributed by atoms with Crippen LogP contribution in [0, 0.1) is 0 Å². The zero-order valence-corrected chi connectivity index (χ0v) is 69.4. The van der Waals surface area contributed by atoms with Gasteiger partial charge in [0.05, 0.1) is 27.7 Å². The first-order valence-corrected chi connectivity index (χ1v) is 45.6. The van der Waals surface area contributed by atoms with E-state index in [1.54, 1.807) is 0 Å². The number of allylic oxidation sites excluding steroid dienone is 18. The van der Waals surface area contributed by atoms with Gasteiger partial charge in [-0.3, -0.25) is 18.6 Å². The lowest BCUT2D eigenvalue weighted by Crippen LogP contribution is -2.37. The zero-order valence-electron chi connectivity index (χ0n) is 68.5. The van der Waals surface area contributed by atoms with Gasteiger partial charge in [-0.05, 0) is 83.5 Å². The van der Waals surface area contributed by atoms with Gasteiger partial charge in [0.25, 0.3) is 0 Å². The molecule has 0 saturated heterocycles. The fraction of sp³-hybridized carbons (Fsp3) is 0.785. The molecule has 2 unspecified atom stereocenters. The van der Waals surface area contributed by atoms with Crippen molar-refractivity contribution in [3.05, 3.63) is 109 Å². The van der Waals surface area contributed by atoms with Gasteiger partial charge in [-0.2, -0.15) is 0 Å². The predicted octanol–water partition coefficient (Wildman–Crippen LogP) is 29.9. The quantitative estimate of drug-likeness (QED) is 0.0211. The first-order chi connectivity index (χ1) is 50.5. The molecule has 0 bridgehead atoms. The Morgan fingerprint density at radius 2 is 0.553 bits per heavy atom. The lowest BCUT2D eigenvalue weighted by molar-refractivity contribution is -0.870. The predicted molar refractivity (Wildman–Crippen MR) is 450 cm³/mol. The summed E-state index contributed by atoms with van der Waals surface area (Å²) in [6.45, 7) is 4.38. The summed E-state index contributed by atoms with van der Waals surface area (Å²) >= 11 is 0. The Labute approximate surface area is 639 Å². The topological polar surface area (TPSA) is 108 Å². The van der Waals surface area contributed by atoms with Crippen molar-refractivity contribution in [2.45, 2.75) is 424 Å². The molecule has 0 spiro atoms. The summed E-state index contributed by atoms with van der Waals surface area (Å²) < 4.78 is 34.9. The summed E-state index contributed by atoms with van der Waals surface area (Å²) in [6.07, 6.45) is 118. The number of carbonyl (C=O) groups is 2. The second-order valence-electron chi connectivity index (χ2n) is 30.9. The third kappa shape index (κ3) is 87.5. The Morgan fingerprint density at radius 3 is 0.825 bits per heavy atom. The molecule has 0 rings (SSSR count). The van der Waals surface area contributed by atoms with Crippen LogP contribution in [0.4, 0.5) is 0 Å². The summed E-state index contributed by atoms with van der Waals surface area (Å²) in [5, 5.41) is 0. The molecule has 0 saturated carbocycles. The number of carbonyl (C=O) groups excluding carboxylic acids is 2. The lowest BCUT2D eigenvalue weighted by atomic mass is 10.0. The zero-order chi connectivity index (χ0) is 74.7. The molecule has 598 valence electrons. The van der Waals surface area contributed by atoms with Crippen molar-refractivity contribution in [3.63, 3.8) is 0 Å². The van der Waals surface area contributed by atoms with E-state index in [1.807, 2.05) is 21.1 Å². The minimum absolute atomic E-state index is 0.0302. The highest BCUT2D eigenvalue weighted by Crippen LogP contribution is 2.43. The molecular weight excluding hydrogens is 1290 g/mol. The highest BCUT2D eigenvalue weighted by atomic mass is 31.2. The number of nitrogens with zero attached hydrogens (tertiary/aromatic N) is 1. The number of hydrogen-bond acceptors (Lipinski definition) is 7. The van der Waals surface area contributed by atoms with Crippen molar-refractivity contribution < 1.29 is 42.1 Å². The molecule has 0 aromatic rings. The first-order valence-electron chi connectivity index (χ1n) is 44.1. The SMILES string of the molecule is CC/C=C\C/C=C\C/C=C\C/C=C\C/C=C\C/C=C\C/C=C\C/C=C\C/C=C\CCCCCCCCCCCCCCCC(=O)OC(COC(=O)CCCCCCCCCCCCCCCCCCCCCCCCCCCCCCCCCCCCCCCC)COP(=O)(O)OCC[N+](C)(C)C. The van der Waals surface area contributed by atoms with Crippen LogP contribution in [0.2, 0.25) is 0 Å². The minimum Gasteiger partial charge on any atom is -0.462 e. The fourth-order valence-corrected chi connectivity index (χ4v) is 13.6. The van der Waals surface area contributed by atoms with E-state index in [1.165, 1.54) is 289 Å².